The van der Waals surface area contributed by atoms with E-state index >= 15 is 0 Å². The Kier molecular flexibility index (Phi) is 3.45. The second-order valence-electron chi connectivity index (χ2n) is 2.65. The molecule has 1 rings (SSSR count). The molecule has 0 saturated carbocycles. The molecule has 0 aromatic heterocycles. The summed E-state index contributed by atoms with van der Waals surface area (Å²) >= 11 is 1.89. The fourth-order valence-corrected chi connectivity index (χ4v) is 1.71. The molecule has 0 heterocycles. The molecule has 0 fully saturated rings. The number of benzene rings is 1. The van der Waals surface area contributed by atoms with Gasteiger partial charge in [-0.25, -0.2) is 4.79 Å². The first-order valence-corrected chi connectivity index (χ1v) is 4.89. The monoisotopic (exact) mass is 305 g/mol. The summed E-state index contributed by atoms with van der Waals surface area (Å²) in [6.07, 6.45) is 0. The summed E-state index contributed by atoms with van der Waals surface area (Å²) in [5, 5.41) is 11.4. The molecule has 74 valence electrons. The van der Waals surface area contributed by atoms with Gasteiger partial charge in [-0.05, 0) is 34.7 Å². The Morgan fingerprint density at radius 2 is 2.07 bits per heavy atom. The Hall–Kier alpha value is -1.11. The third-order valence-corrected chi connectivity index (χ3v) is 2.70. The summed E-state index contributed by atoms with van der Waals surface area (Å²) < 4.78 is 0.535. The number of carbonyl (C=O) groups is 2. The summed E-state index contributed by atoms with van der Waals surface area (Å²) in [6.45, 7) is 1.38. The molecule has 0 saturated heterocycles. The molecule has 0 aliphatic heterocycles. The molecule has 0 unspecified atom stereocenters. The number of rotatable bonds is 2. The number of carboxylic acid groups (broad SMARTS) is 1. The van der Waals surface area contributed by atoms with Crippen molar-refractivity contribution < 1.29 is 14.7 Å². The molecular formula is C9H8INO3. The van der Waals surface area contributed by atoms with Crippen molar-refractivity contribution in [2.45, 2.75) is 6.92 Å². The van der Waals surface area contributed by atoms with E-state index in [1.165, 1.54) is 13.0 Å². The van der Waals surface area contributed by atoms with Gasteiger partial charge in [0.05, 0.1) is 14.8 Å². The van der Waals surface area contributed by atoms with Crippen molar-refractivity contribution >= 4 is 40.2 Å². The van der Waals surface area contributed by atoms with Crippen molar-refractivity contribution in [1.82, 2.24) is 0 Å². The molecule has 1 aromatic rings. The van der Waals surface area contributed by atoms with E-state index in [0.29, 0.717) is 9.26 Å². The largest absolute Gasteiger partial charge is 0.478 e. The van der Waals surface area contributed by atoms with Gasteiger partial charge in [0, 0.05) is 6.92 Å². The number of nitrogens with one attached hydrogen (secondary N) is 1. The Bertz CT molecular complexity index is 390. The maximum Gasteiger partial charge on any atom is 0.336 e. The van der Waals surface area contributed by atoms with Crippen molar-refractivity contribution in [3.8, 4) is 0 Å². The number of hydrogen-bond acceptors (Lipinski definition) is 2. The van der Waals surface area contributed by atoms with Gasteiger partial charge < -0.3 is 10.4 Å². The summed E-state index contributed by atoms with van der Waals surface area (Å²) in [7, 11) is 0. The maximum atomic E-state index is 10.8. The topological polar surface area (TPSA) is 66.4 Å². The van der Waals surface area contributed by atoms with Crippen molar-refractivity contribution in [2.24, 2.45) is 0 Å². The van der Waals surface area contributed by atoms with E-state index in [4.69, 9.17) is 5.11 Å². The van der Waals surface area contributed by atoms with Gasteiger partial charge in [-0.2, -0.15) is 0 Å². The number of aromatic carboxylic acids is 1. The van der Waals surface area contributed by atoms with Crippen LogP contribution in [0.2, 0.25) is 0 Å². The zero-order valence-corrected chi connectivity index (χ0v) is 9.53. The number of anilines is 1. The minimum atomic E-state index is -0.999. The van der Waals surface area contributed by atoms with Crippen LogP contribution in [-0.2, 0) is 4.79 Å². The van der Waals surface area contributed by atoms with Gasteiger partial charge in [0.15, 0.2) is 0 Å². The molecule has 5 heteroatoms. The number of carbonyl (C=O) groups excluding carboxylic acids is 1. The minimum absolute atomic E-state index is 0.192. The van der Waals surface area contributed by atoms with Crippen LogP contribution in [0.5, 0.6) is 0 Å². The lowest BCUT2D eigenvalue weighted by atomic mass is 10.2. The van der Waals surface area contributed by atoms with Gasteiger partial charge in [-0.15, -0.1) is 0 Å². The molecule has 0 spiro atoms. The van der Waals surface area contributed by atoms with Crippen LogP contribution in [0, 0.1) is 3.57 Å². The molecule has 0 aliphatic rings. The van der Waals surface area contributed by atoms with E-state index in [0.717, 1.165) is 0 Å². The van der Waals surface area contributed by atoms with Crippen molar-refractivity contribution in [3.05, 3.63) is 27.3 Å². The average molecular weight is 305 g/mol. The van der Waals surface area contributed by atoms with Gasteiger partial charge >= 0.3 is 5.97 Å². The second-order valence-corrected chi connectivity index (χ2v) is 3.73. The number of carboxylic acids is 1. The lowest BCUT2D eigenvalue weighted by Gasteiger charge is -2.06. The molecule has 14 heavy (non-hydrogen) atoms. The molecule has 1 amide bonds. The highest BCUT2D eigenvalue weighted by atomic mass is 127. The van der Waals surface area contributed by atoms with Crippen molar-refractivity contribution in [2.75, 3.05) is 5.32 Å². The quantitative estimate of drug-likeness (QED) is 0.821. The molecule has 4 nitrogen and oxygen atoms in total. The highest BCUT2D eigenvalue weighted by molar-refractivity contribution is 14.1. The average Bonchev–Trinajstić information content (AvgIpc) is 2.07. The fraction of sp³-hybridized carbons (Fsp3) is 0.111. The lowest BCUT2D eigenvalue weighted by Crippen LogP contribution is -2.09. The van der Waals surface area contributed by atoms with Gasteiger partial charge in [0.25, 0.3) is 0 Å². The normalized spacial score (nSPS) is 9.57. The predicted molar refractivity (Wildman–Crippen MR) is 60.4 cm³/mol. The van der Waals surface area contributed by atoms with Crippen LogP contribution in [0.4, 0.5) is 5.69 Å². The number of amides is 1. The summed E-state index contributed by atoms with van der Waals surface area (Å²) in [5.74, 6) is -1.22. The van der Waals surface area contributed by atoms with Gasteiger partial charge in [0.2, 0.25) is 5.91 Å². The molecule has 0 aliphatic carbocycles. The summed E-state index contributed by atoms with van der Waals surface area (Å²) in [5.41, 5.74) is 0.717. The highest BCUT2D eigenvalue weighted by Gasteiger charge is 2.11. The third-order valence-electron chi connectivity index (χ3n) is 1.54. The second kappa shape index (κ2) is 4.41. The van der Waals surface area contributed by atoms with Gasteiger partial charge in [-0.1, -0.05) is 6.07 Å². The Morgan fingerprint density at radius 3 is 2.57 bits per heavy atom. The van der Waals surface area contributed by atoms with E-state index in [1.54, 1.807) is 12.1 Å². The van der Waals surface area contributed by atoms with Crippen LogP contribution in [0.3, 0.4) is 0 Å². The zero-order valence-electron chi connectivity index (χ0n) is 7.37. The molecule has 1 aromatic carbocycles. The van der Waals surface area contributed by atoms with E-state index in [-0.39, 0.29) is 11.5 Å². The smallest absolute Gasteiger partial charge is 0.336 e. The molecule has 0 radical (unpaired) electrons. The van der Waals surface area contributed by atoms with Crippen molar-refractivity contribution in [3.63, 3.8) is 0 Å². The Balaban J connectivity index is 3.13. The molecule has 0 atom stereocenters. The molecular weight excluding hydrogens is 297 g/mol. The Labute approximate surface area is 94.5 Å². The number of hydrogen-bond donors (Lipinski definition) is 2. The SMILES string of the molecule is CC(=O)Nc1cccc(C(=O)O)c1I. The van der Waals surface area contributed by atoms with Crippen LogP contribution >= 0.6 is 22.6 Å². The Morgan fingerprint density at radius 1 is 1.43 bits per heavy atom. The van der Waals surface area contributed by atoms with Crippen LogP contribution in [0.1, 0.15) is 17.3 Å². The van der Waals surface area contributed by atoms with Gasteiger partial charge in [-0.3, -0.25) is 4.79 Å². The predicted octanol–water partition coefficient (Wildman–Crippen LogP) is 1.95. The first kappa shape index (κ1) is 11.0. The van der Waals surface area contributed by atoms with E-state index in [9.17, 15) is 9.59 Å². The lowest BCUT2D eigenvalue weighted by molar-refractivity contribution is -0.114. The third kappa shape index (κ3) is 2.44. The van der Waals surface area contributed by atoms with E-state index in [2.05, 4.69) is 5.32 Å². The van der Waals surface area contributed by atoms with Gasteiger partial charge in [0.1, 0.15) is 0 Å². The van der Waals surface area contributed by atoms with Crippen molar-refractivity contribution in [1.29, 1.82) is 0 Å². The van der Waals surface area contributed by atoms with Crippen LogP contribution in [0.25, 0.3) is 0 Å². The van der Waals surface area contributed by atoms with Crippen LogP contribution < -0.4 is 5.32 Å². The fourth-order valence-electron chi connectivity index (χ4n) is 0.983. The highest BCUT2D eigenvalue weighted by Crippen LogP contribution is 2.22. The summed E-state index contributed by atoms with van der Waals surface area (Å²) in [6, 6.07) is 4.75. The number of halogens is 1. The first-order chi connectivity index (χ1) is 6.52. The van der Waals surface area contributed by atoms with Crippen LogP contribution in [0.15, 0.2) is 18.2 Å². The standard InChI is InChI=1S/C9H8INO3/c1-5(12)11-7-4-2-3-6(8(7)10)9(13)14/h2-4H,1H3,(H,11,12)(H,13,14). The summed E-state index contributed by atoms with van der Waals surface area (Å²) in [4.78, 5) is 21.5. The first-order valence-electron chi connectivity index (χ1n) is 3.81. The molecule has 0 bridgehead atoms. The van der Waals surface area contributed by atoms with E-state index < -0.39 is 5.97 Å². The zero-order chi connectivity index (χ0) is 10.7. The maximum absolute atomic E-state index is 10.8. The minimum Gasteiger partial charge on any atom is -0.478 e. The molecule has 2 N–H and O–H groups in total. The van der Waals surface area contributed by atoms with Crippen LogP contribution in [-0.4, -0.2) is 17.0 Å². The van der Waals surface area contributed by atoms with E-state index in [1.807, 2.05) is 22.6 Å².